The molecule has 0 aliphatic rings. The molecule has 2 rings (SSSR count). The minimum absolute atomic E-state index is 0.130. The number of nitrogens with one attached hydrogen (secondary N) is 1. The van der Waals surface area contributed by atoms with E-state index in [0.717, 1.165) is 17.0 Å². The van der Waals surface area contributed by atoms with E-state index in [4.69, 9.17) is 4.74 Å². The van der Waals surface area contributed by atoms with Crippen molar-refractivity contribution in [3.05, 3.63) is 65.7 Å². The maximum atomic E-state index is 12.0. The van der Waals surface area contributed by atoms with E-state index in [-0.39, 0.29) is 17.4 Å². The molecule has 25 heavy (non-hydrogen) atoms. The van der Waals surface area contributed by atoms with E-state index in [0.29, 0.717) is 0 Å². The van der Waals surface area contributed by atoms with Gasteiger partial charge >= 0.3 is 0 Å². The number of benzene rings is 2. The molecular formula is C22H27NO2. The third-order valence-corrected chi connectivity index (χ3v) is 3.70. The molecule has 0 atom stereocenters. The number of carbonyl (C=O) groups is 1. The molecule has 1 N–H and O–H groups in total. The van der Waals surface area contributed by atoms with Gasteiger partial charge in [-0.15, -0.1) is 0 Å². The molecule has 0 saturated carbocycles. The zero-order chi connectivity index (χ0) is 18.4. The quantitative estimate of drug-likeness (QED) is 0.740. The Bertz CT molecular complexity index is 720. The third kappa shape index (κ3) is 6.11. The smallest absolute Gasteiger partial charge is 0.248 e. The fourth-order valence-corrected chi connectivity index (χ4v) is 2.34. The molecule has 0 spiro atoms. The second-order valence-electron chi connectivity index (χ2n) is 7.39. The molecule has 2 aromatic rings. The first-order valence-corrected chi connectivity index (χ1v) is 8.60. The van der Waals surface area contributed by atoms with Gasteiger partial charge in [-0.3, -0.25) is 4.79 Å². The Hall–Kier alpha value is -2.55. The molecular weight excluding hydrogens is 310 g/mol. The van der Waals surface area contributed by atoms with Crippen LogP contribution in [0.5, 0.6) is 5.75 Å². The summed E-state index contributed by atoms with van der Waals surface area (Å²) in [6.45, 7) is 10.5. The molecule has 1 amide bonds. The highest BCUT2D eigenvalue weighted by Crippen LogP contribution is 2.22. The molecule has 0 saturated heterocycles. The van der Waals surface area contributed by atoms with Gasteiger partial charge in [-0.25, -0.2) is 0 Å². The van der Waals surface area contributed by atoms with Gasteiger partial charge in [-0.05, 0) is 60.7 Å². The average Bonchev–Trinajstić information content (AvgIpc) is 2.54. The van der Waals surface area contributed by atoms with Crippen molar-refractivity contribution < 1.29 is 9.53 Å². The van der Waals surface area contributed by atoms with Crippen molar-refractivity contribution in [3.8, 4) is 5.75 Å². The van der Waals surface area contributed by atoms with Gasteiger partial charge in [0.1, 0.15) is 5.75 Å². The highest BCUT2D eigenvalue weighted by Gasteiger charge is 2.12. The lowest BCUT2D eigenvalue weighted by Crippen LogP contribution is -2.10. The van der Waals surface area contributed by atoms with Crippen molar-refractivity contribution in [1.29, 1.82) is 0 Å². The molecule has 0 aliphatic heterocycles. The van der Waals surface area contributed by atoms with E-state index in [1.165, 1.54) is 5.56 Å². The van der Waals surface area contributed by atoms with Gasteiger partial charge in [0.05, 0.1) is 6.10 Å². The normalized spacial score (nSPS) is 11.8. The van der Waals surface area contributed by atoms with E-state index in [9.17, 15) is 4.79 Å². The molecule has 0 heterocycles. The molecule has 3 nitrogen and oxygen atoms in total. The van der Waals surface area contributed by atoms with Gasteiger partial charge in [-0.2, -0.15) is 0 Å². The van der Waals surface area contributed by atoms with E-state index >= 15 is 0 Å². The molecule has 2 aromatic carbocycles. The zero-order valence-electron chi connectivity index (χ0n) is 15.7. The third-order valence-electron chi connectivity index (χ3n) is 3.70. The fourth-order valence-electron chi connectivity index (χ4n) is 2.34. The van der Waals surface area contributed by atoms with Crippen LogP contribution in [0.25, 0.3) is 6.08 Å². The molecule has 0 radical (unpaired) electrons. The summed E-state index contributed by atoms with van der Waals surface area (Å²) in [5.74, 6) is 0.639. The van der Waals surface area contributed by atoms with Gasteiger partial charge in [0.15, 0.2) is 0 Å². The topological polar surface area (TPSA) is 38.3 Å². The summed E-state index contributed by atoms with van der Waals surface area (Å²) in [4.78, 5) is 12.0. The lowest BCUT2D eigenvalue weighted by Gasteiger charge is -2.18. The van der Waals surface area contributed by atoms with Crippen molar-refractivity contribution in [2.45, 2.75) is 46.1 Å². The molecule has 132 valence electrons. The number of carbonyl (C=O) groups excluding carboxylic acids is 1. The SMILES string of the molecule is CC(C)Oc1ccc(NC(=O)/C=C/c2ccc(C(C)(C)C)cc2)cc1. The summed E-state index contributed by atoms with van der Waals surface area (Å²) in [5.41, 5.74) is 3.15. The van der Waals surface area contributed by atoms with Gasteiger partial charge in [0.25, 0.3) is 0 Å². The number of amides is 1. The number of rotatable bonds is 5. The van der Waals surface area contributed by atoms with Gasteiger partial charge in [-0.1, -0.05) is 45.0 Å². The average molecular weight is 337 g/mol. The summed E-state index contributed by atoms with van der Waals surface area (Å²) in [6, 6.07) is 15.6. The molecule has 0 aromatic heterocycles. The maximum absolute atomic E-state index is 12.0. The molecule has 0 bridgehead atoms. The standard InChI is InChI=1S/C22H27NO2/c1-16(2)25-20-13-11-19(12-14-20)23-21(24)15-8-17-6-9-18(10-7-17)22(3,4)5/h6-16H,1-5H3,(H,23,24)/b15-8+. The molecule has 3 heteroatoms. The summed E-state index contributed by atoms with van der Waals surface area (Å²) in [6.07, 6.45) is 3.50. The van der Waals surface area contributed by atoms with E-state index in [1.807, 2.05) is 56.3 Å². The fraction of sp³-hybridized carbons (Fsp3) is 0.318. The van der Waals surface area contributed by atoms with Crippen molar-refractivity contribution >= 4 is 17.7 Å². The van der Waals surface area contributed by atoms with Crippen LogP contribution in [-0.2, 0) is 10.2 Å². The number of anilines is 1. The Morgan fingerprint density at radius 2 is 1.60 bits per heavy atom. The van der Waals surface area contributed by atoms with E-state index < -0.39 is 0 Å². The van der Waals surface area contributed by atoms with E-state index in [2.05, 4.69) is 38.2 Å². The van der Waals surface area contributed by atoms with E-state index in [1.54, 1.807) is 6.08 Å². The Labute approximate surface area is 150 Å². The van der Waals surface area contributed by atoms with Gasteiger partial charge in [0, 0.05) is 11.8 Å². The van der Waals surface area contributed by atoms with Gasteiger partial charge < -0.3 is 10.1 Å². The minimum Gasteiger partial charge on any atom is -0.491 e. The lowest BCUT2D eigenvalue weighted by molar-refractivity contribution is -0.111. The van der Waals surface area contributed by atoms with Crippen LogP contribution < -0.4 is 10.1 Å². The highest BCUT2D eigenvalue weighted by molar-refractivity contribution is 6.01. The molecule has 0 aliphatic carbocycles. The number of hydrogen-bond acceptors (Lipinski definition) is 2. The summed E-state index contributed by atoms with van der Waals surface area (Å²) in [5, 5.41) is 2.85. The van der Waals surface area contributed by atoms with Crippen LogP contribution >= 0.6 is 0 Å². The van der Waals surface area contributed by atoms with Crippen LogP contribution in [-0.4, -0.2) is 12.0 Å². The number of hydrogen-bond donors (Lipinski definition) is 1. The Morgan fingerprint density at radius 3 is 2.12 bits per heavy atom. The lowest BCUT2D eigenvalue weighted by atomic mass is 9.87. The minimum atomic E-state index is -0.155. The monoisotopic (exact) mass is 337 g/mol. The van der Waals surface area contributed by atoms with Crippen LogP contribution in [0, 0.1) is 0 Å². The van der Waals surface area contributed by atoms with Crippen LogP contribution in [0.1, 0.15) is 45.7 Å². The van der Waals surface area contributed by atoms with Crippen molar-refractivity contribution in [1.82, 2.24) is 0 Å². The Morgan fingerprint density at radius 1 is 1.00 bits per heavy atom. The predicted octanol–water partition coefficient (Wildman–Crippen LogP) is 5.42. The first-order valence-electron chi connectivity index (χ1n) is 8.60. The van der Waals surface area contributed by atoms with Crippen molar-refractivity contribution in [2.75, 3.05) is 5.32 Å². The first-order chi connectivity index (χ1) is 11.7. The van der Waals surface area contributed by atoms with Gasteiger partial charge in [0.2, 0.25) is 5.91 Å². The largest absolute Gasteiger partial charge is 0.491 e. The second kappa shape index (κ2) is 8.02. The first kappa shape index (κ1) is 18.8. The zero-order valence-corrected chi connectivity index (χ0v) is 15.7. The maximum Gasteiger partial charge on any atom is 0.248 e. The summed E-state index contributed by atoms with van der Waals surface area (Å²) in [7, 11) is 0. The van der Waals surface area contributed by atoms with Crippen LogP contribution in [0.3, 0.4) is 0 Å². The molecule has 0 fully saturated rings. The Kier molecular flexibility index (Phi) is 6.02. The predicted molar refractivity (Wildman–Crippen MR) is 105 cm³/mol. The second-order valence-corrected chi connectivity index (χ2v) is 7.39. The van der Waals surface area contributed by atoms with Crippen molar-refractivity contribution in [3.63, 3.8) is 0 Å². The van der Waals surface area contributed by atoms with Crippen LogP contribution in [0.4, 0.5) is 5.69 Å². The van der Waals surface area contributed by atoms with Crippen LogP contribution in [0.2, 0.25) is 0 Å². The Balaban J connectivity index is 1.94. The van der Waals surface area contributed by atoms with Crippen LogP contribution in [0.15, 0.2) is 54.6 Å². The highest BCUT2D eigenvalue weighted by atomic mass is 16.5. The molecule has 0 unspecified atom stereocenters. The van der Waals surface area contributed by atoms with Crippen molar-refractivity contribution in [2.24, 2.45) is 0 Å². The summed E-state index contributed by atoms with van der Waals surface area (Å²) < 4.78 is 5.59. The number of ether oxygens (including phenoxy) is 1. The summed E-state index contributed by atoms with van der Waals surface area (Å²) >= 11 is 0.